The summed E-state index contributed by atoms with van der Waals surface area (Å²) in [4.78, 5) is 13.5. The molecule has 6 nitrogen and oxygen atoms in total. The molecule has 1 aliphatic rings. The first-order valence-electron chi connectivity index (χ1n) is 7.25. The summed E-state index contributed by atoms with van der Waals surface area (Å²) in [6, 6.07) is 0. The van der Waals surface area contributed by atoms with Gasteiger partial charge in [-0.05, 0) is 19.4 Å². The van der Waals surface area contributed by atoms with Crippen molar-refractivity contribution < 1.29 is 24.1 Å². The Morgan fingerprint density at radius 2 is 1.85 bits per heavy atom. The Bertz CT molecular complexity index is 287. The van der Waals surface area contributed by atoms with Gasteiger partial charge in [0.1, 0.15) is 0 Å². The number of rotatable bonds is 11. The van der Waals surface area contributed by atoms with Crippen molar-refractivity contribution in [3.63, 3.8) is 0 Å². The Hall–Kier alpha value is -0.690. The van der Waals surface area contributed by atoms with Crippen molar-refractivity contribution >= 4 is 5.97 Å². The molecule has 0 spiro atoms. The molecule has 0 aromatic heterocycles. The Morgan fingerprint density at radius 1 is 1.20 bits per heavy atom. The normalized spacial score (nSPS) is 23.3. The largest absolute Gasteiger partial charge is 0.481 e. The predicted octanol–water partition coefficient (Wildman–Crippen LogP) is 0.853. The van der Waals surface area contributed by atoms with Gasteiger partial charge in [0.2, 0.25) is 0 Å². The minimum absolute atomic E-state index is 0.552. The van der Waals surface area contributed by atoms with Gasteiger partial charge < -0.3 is 19.3 Å². The standard InChI is InChI=1S/C14H27NO5/c1-3-14(13(16)17)4-5-15(12-14)6-7-19-10-11-20-9-8-18-2/h3-12H2,1-2H3,(H,16,17). The minimum Gasteiger partial charge on any atom is -0.481 e. The van der Waals surface area contributed by atoms with Crippen LogP contribution in [0.15, 0.2) is 0 Å². The number of carboxylic acid groups (broad SMARTS) is 1. The predicted molar refractivity (Wildman–Crippen MR) is 74.9 cm³/mol. The van der Waals surface area contributed by atoms with Crippen LogP contribution in [-0.4, -0.2) is 75.8 Å². The summed E-state index contributed by atoms with van der Waals surface area (Å²) in [7, 11) is 1.64. The van der Waals surface area contributed by atoms with Crippen molar-refractivity contribution in [1.82, 2.24) is 4.90 Å². The van der Waals surface area contributed by atoms with Crippen LogP contribution >= 0.6 is 0 Å². The fourth-order valence-electron chi connectivity index (χ4n) is 2.42. The first-order valence-corrected chi connectivity index (χ1v) is 7.25. The van der Waals surface area contributed by atoms with Crippen LogP contribution < -0.4 is 0 Å². The molecule has 0 aromatic carbocycles. The molecule has 0 bridgehead atoms. The van der Waals surface area contributed by atoms with Crippen LogP contribution in [0.3, 0.4) is 0 Å². The lowest BCUT2D eigenvalue weighted by Gasteiger charge is -2.23. The second-order valence-electron chi connectivity index (χ2n) is 5.18. The van der Waals surface area contributed by atoms with Crippen LogP contribution in [0.2, 0.25) is 0 Å². The van der Waals surface area contributed by atoms with Gasteiger partial charge in [0.15, 0.2) is 0 Å². The van der Waals surface area contributed by atoms with Crippen molar-refractivity contribution in [2.24, 2.45) is 5.41 Å². The highest BCUT2D eigenvalue weighted by molar-refractivity contribution is 5.75. The summed E-state index contributed by atoms with van der Waals surface area (Å²) in [5.41, 5.74) is -0.552. The molecule has 6 heteroatoms. The fraction of sp³-hybridized carbons (Fsp3) is 0.929. The van der Waals surface area contributed by atoms with E-state index >= 15 is 0 Å². The lowest BCUT2D eigenvalue weighted by molar-refractivity contribution is -0.148. The molecular weight excluding hydrogens is 262 g/mol. The molecule has 118 valence electrons. The van der Waals surface area contributed by atoms with E-state index in [0.717, 1.165) is 19.5 Å². The second-order valence-corrected chi connectivity index (χ2v) is 5.18. The number of likely N-dealkylation sites (tertiary alicyclic amines) is 1. The van der Waals surface area contributed by atoms with E-state index in [0.29, 0.717) is 46.0 Å². The number of carboxylic acids is 1. The van der Waals surface area contributed by atoms with Crippen molar-refractivity contribution in [1.29, 1.82) is 0 Å². The Labute approximate surface area is 121 Å². The molecular formula is C14H27NO5. The first-order chi connectivity index (χ1) is 9.64. The van der Waals surface area contributed by atoms with Crippen molar-refractivity contribution in [2.45, 2.75) is 19.8 Å². The van der Waals surface area contributed by atoms with Gasteiger partial charge >= 0.3 is 5.97 Å². The number of nitrogens with zero attached hydrogens (tertiary/aromatic N) is 1. The summed E-state index contributed by atoms with van der Waals surface area (Å²) in [5.74, 6) is -0.671. The monoisotopic (exact) mass is 289 g/mol. The fourth-order valence-corrected chi connectivity index (χ4v) is 2.42. The maximum atomic E-state index is 11.3. The molecule has 0 amide bonds. The third-order valence-electron chi connectivity index (χ3n) is 3.92. The molecule has 0 radical (unpaired) electrons. The van der Waals surface area contributed by atoms with E-state index in [9.17, 15) is 9.90 Å². The highest BCUT2D eigenvalue weighted by atomic mass is 16.5. The zero-order valence-electron chi connectivity index (χ0n) is 12.6. The smallest absolute Gasteiger partial charge is 0.310 e. The van der Waals surface area contributed by atoms with Gasteiger partial charge in [0, 0.05) is 20.2 Å². The summed E-state index contributed by atoms with van der Waals surface area (Å²) in [6.45, 7) is 7.14. The van der Waals surface area contributed by atoms with E-state index < -0.39 is 11.4 Å². The van der Waals surface area contributed by atoms with Gasteiger partial charge in [-0.25, -0.2) is 0 Å². The summed E-state index contributed by atoms with van der Waals surface area (Å²) < 4.78 is 15.6. The molecule has 1 fully saturated rings. The zero-order valence-corrected chi connectivity index (χ0v) is 12.6. The zero-order chi connectivity index (χ0) is 14.8. The number of carbonyl (C=O) groups is 1. The van der Waals surface area contributed by atoms with E-state index in [1.54, 1.807) is 7.11 Å². The Morgan fingerprint density at radius 3 is 2.40 bits per heavy atom. The van der Waals surface area contributed by atoms with E-state index in [2.05, 4.69) is 4.90 Å². The van der Waals surface area contributed by atoms with Crippen molar-refractivity contribution in [3.8, 4) is 0 Å². The lowest BCUT2D eigenvalue weighted by Crippen LogP contribution is -2.35. The summed E-state index contributed by atoms with van der Waals surface area (Å²) in [5, 5.41) is 9.31. The van der Waals surface area contributed by atoms with Gasteiger partial charge in [-0.1, -0.05) is 6.92 Å². The summed E-state index contributed by atoms with van der Waals surface area (Å²) >= 11 is 0. The highest BCUT2D eigenvalue weighted by Gasteiger charge is 2.42. The van der Waals surface area contributed by atoms with Gasteiger partial charge in [-0.2, -0.15) is 0 Å². The number of hydrogen-bond donors (Lipinski definition) is 1. The lowest BCUT2D eigenvalue weighted by atomic mass is 9.84. The number of methoxy groups -OCH3 is 1. The molecule has 1 rings (SSSR count). The highest BCUT2D eigenvalue weighted by Crippen LogP contribution is 2.33. The topological polar surface area (TPSA) is 68.2 Å². The quantitative estimate of drug-likeness (QED) is 0.569. The second kappa shape index (κ2) is 9.28. The van der Waals surface area contributed by atoms with Crippen LogP contribution in [0.25, 0.3) is 0 Å². The average molecular weight is 289 g/mol. The first kappa shape index (κ1) is 17.4. The van der Waals surface area contributed by atoms with Gasteiger partial charge in [0.05, 0.1) is 38.4 Å². The molecule has 1 aliphatic heterocycles. The molecule has 1 saturated heterocycles. The van der Waals surface area contributed by atoms with Crippen LogP contribution in [-0.2, 0) is 19.0 Å². The minimum atomic E-state index is -0.671. The molecule has 0 aromatic rings. The Balaban J connectivity index is 2.05. The molecule has 1 N–H and O–H groups in total. The third kappa shape index (κ3) is 5.36. The van der Waals surface area contributed by atoms with Gasteiger partial charge in [-0.3, -0.25) is 9.69 Å². The molecule has 0 aliphatic carbocycles. The molecule has 1 unspecified atom stereocenters. The van der Waals surface area contributed by atoms with Crippen LogP contribution in [0, 0.1) is 5.41 Å². The molecule has 0 saturated carbocycles. The maximum Gasteiger partial charge on any atom is 0.310 e. The van der Waals surface area contributed by atoms with E-state index in [1.165, 1.54) is 0 Å². The number of aliphatic carboxylic acids is 1. The molecule has 1 atom stereocenters. The van der Waals surface area contributed by atoms with Gasteiger partial charge in [-0.15, -0.1) is 0 Å². The Kier molecular flexibility index (Phi) is 8.06. The van der Waals surface area contributed by atoms with Crippen molar-refractivity contribution in [2.75, 3.05) is 59.8 Å². The van der Waals surface area contributed by atoms with E-state index in [1.807, 2.05) is 6.92 Å². The van der Waals surface area contributed by atoms with Crippen LogP contribution in [0.4, 0.5) is 0 Å². The van der Waals surface area contributed by atoms with Crippen molar-refractivity contribution in [3.05, 3.63) is 0 Å². The molecule has 1 heterocycles. The number of hydrogen-bond acceptors (Lipinski definition) is 5. The molecule has 20 heavy (non-hydrogen) atoms. The van der Waals surface area contributed by atoms with Gasteiger partial charge in [0.25, 0.3) is 0 Å². The van der Waals surface area contributed by atoms with E-state index in [4.69, 9.17) is 14.2 Å². The van der Waals surface area contributed by atoms with Crippen LogP contribution in [0.5, 0.6) is 0 Å². The number of ether oxygens (including phenoxy) is 3. The third-order valence-corrected chi connectivity index (χ3v) is 3.92. The SMILES string of the molecule is CCC1(C(=O)O)CCN(CCOCCOCCOC)C1. The summed E-state index contributed by atoms with van der Waals surface area (Å²) in [6.07, 6.45) is 1.42. The van der Waals surface area contributed by atoms with E-state index in [-0.39, 0.29) is 0 Å². The maximum absolute atomic E-state index is 11.3. The average Bonchev–Trinajstić information content (AvgIpc) is 2.87. The van der Waals surface area contributed by atoms with Crippen LogP contribution in [0.1, 0.15) is 19.8 Å².